The van der Waals surface area contributed by atoms with Gasteiger partial charge in [0.15, 0.2) is 5.11 Å². The highest BCUT2D eigenvalue weighted by molar-refractivity contribution is 7.80. The highest BCUT2D eigenvalue weighted by Gasteiger charge is 2.41. The number of nitro groups is 1. The molecule has 2 N–H and O–H groups in total. The third-order valence-corrected chi connectivity index (χ3v) is 7.59. The van der Waals surface area contributed by atoms with E-state index in [2.05, 4.69) is 21.7 Å². The van der Waals surface area contributed by atoms with Crippen molar-refractivity contribution in [1.29, 1.82) is 0 Å². The second kappa shape index (κ2) is 11.8. The summed E-state index contributed by atoms with van der Waals surface area (Å²) in [5.74, 6) is 0.394. The minimum atomic E-state index is -0.420. The van der Waals surface area contributed by atoms with Crippen LogP contribution in [0, 0.1) is 24.0 Å². The number of ether oxygens (including phenoxy) is 1. The maximum atomic E-state index is 12.9. The molecule has 5 rings (SSSR count). The normalized spacial score (nSPS) is 16.4. The number of hydrogen-bond acceptors (Lipinski definition) is 6. The highest BCUT2D eigenvalue weighted by Crippen LogP contribution is 2.42. The first-order chi connectivity index (χ1) is 19.8. The summed E-state index contributed by atoms with van der Waals surface area (Å²) < 4.78 is 7.54. The number of methoxy groups -OCH3 is 1. The van der Waals surface area contributed by atoms with Crippen molar-refractivity contribution in [1.82, 2.24) is 19.8 Å². The zero-order valence-electron chi connectivity index (χ0n) is 22.9. The van der Waals surface area contributed by atoms with Crippen LogP contribution in [0.25, 0.3) is 5.69 Å². The van der Waals surface area contributed by atoms with E-state index in [0.717, 1.165) is 28.3 Å². The molecule has 2 aromatic heterocycles. The molecule has 210 valence electrons. The van der Waals surface area contributed by atoms with Crippen LogP contribution in [0.1, 0.15) is 41.1 Å². The smallest absolute Gasteiger partial charge is 0.271 e. The molecule has 0 aliphatic carbocycles. The Bertz CT molecular complexity index is 1590. The summed E-state index contributed by atoms with van der Waals surface area (Å²) in [6.07, 6.45) is 1.96. The summed E-state index contributed by atoms with van der Waals surface area (Å²) >= 11 is 5.79. The van der Waals surface area contributed by atoms with E-state index in [-0.39, 0.29) is 30.1 Å². The van der Waals surface area contributed by atoms with Gasteiger partial charge >= 0.3 is 0 Å². The molecule has 10 nitrogen and oxygen atoms in total. The molecule has 0 bridgehead atoms. The van der Waals surface area contributed by atoms with Crippen molar-refractivity contribution in [3.05, 3.63) is 112 Å². The van der Waals surface area contributed by atoms with E-state index in [9.17, 15) is 14.9 Å². The van der Waals surface area contributed by atoms with E-state index < -0.39 is 4.92 Å². The van der Waals surface area contributed by atoms with Gasteiger partial charge in [0.2, 0.25) is 5.91 Å². The van der Waals surface area contributed by atoms with E-state index in [1.807, 2.05) is 71.8 Å². The van der Waals surface area contributed by atoms with Gasteiger partial charge in [-0.15, -0.1) is 0 Å². The molecule has 1 aliphatic rings. The number of aromatic nitrogens is 2. The van der Waals surface area contributed by atoms with Crippen molar-refractivity contribution in [3.63, 3.8) is 0 Å². The zero-order valence-corrected chi connectivity index (χ0v) is 23.7. The zero-order chi connectivity index (χ0) is 29.1. The molecule has 1 aliphatic heterocycles. The largest absolute Gasteiger partial charge is 0.495 e. The fraction of sp³-hybridized carbons (Fsp3) is 0.233. The van der Waals surface area contributed by atoms with E-state index in [4.69, 9.17) is 17.0 Å². The molecule has 2 aromatic carbocycles. The van der Waals surface area contributed by atoms with Crippen molar-refractivity contribution in [3.8, 4) is 11.4 Å². The lowest BCUT2D eigenvalue weighted by Gasteiger charge is -2.28. The van der Waals surface area contributed by atoms with Gasteiger partial charge in [-0.2, -0.15) is 0 Å². The lowest BCUT2D eigenvalue weighted by atomic mass is 9.96. The van der Waals surface area contributed by atoms with Crippen molar-refractivity contribution in [2.75, 3.05) is 19.0 Å². The maximum Gasteiger partial charge on any atom is 0.271 e. The number of para-hydroxylation sites is 1. The molecule has 11 heteroatoms. The van der Waals surface area contributed by atoms with Gasteiger partial charge in [0.1, 0.15) is 5.75 Å². The van der Waals surface area contributed by atoms with Crippen LogP contribution in [0.2, 0.25) is 0 Å². The predicted molar refractivity (Wildman–Crippen MR) is 160 cm³/mol. The number of pyridine rings is 1. The number of non-ortho nitro benzene ring substituents is 1. The SMILES string of the molecule is COc1ccc([N+](=O)[O-])cc1-n1c(C)cc(C2C(c3ccccn3)NC(=S)N2CCC(=O)Nc2ccccc2)c1C. The Kier molecular flexibility index (Phi) is 7.97. The van der Waals surface area contributed by atoms with Gasteiger partial charge in [0.05, 0.1) is 35.5 Å². The van der Waals surface area contributed by atoms with Crippen LogP contribution in [0.4, 0.5) is 11.4 Å². The fourth-order valence-electron chi connectivity index (χ4n) is 5.38. The first-order valence-corrected chi connectivity index (χ1v) is 13.5. The van der Waals surface area contributed by atoms with Gasteiger partial charge in [0, 0.05) is 48.4 Å². The molecule has 41 heavy (non-hydrogen) atoms. The first-order valence-electron chi connectivity index (χ1n) is 13.1. The number of nitro benzene ring substituents is 1. The topological polar surface area (TPSA) is 115 Å². The summed E-state index contributed by atoms with van der Waals surface area (Å²) in [6.45, 7) is 4.29. The lowest BCUT2D eigenvalue weighted by molar-refractivity contribution is -0.384. The van der Waals surface area contributed by atoms with Crippen molar-refractivity contribution >= 4 is 34.6 Å². The number of carbonyl (C=O) groups excluding carboxylic acids is 1. The Morgan fingerprint density at radius 2 is 1.88 bits per heavy atom. The number of carbonyl (C=O) groups is 1. The van der Waals surface area contributed by atoms with E-state index in [1.165, 1.54) is 12.1 Å². The van der Waals surface area contributed by atoms with Gasteiger partial charge in [0.25, 0.3) is 5.69 Å². The third kappa shape index (κ3) is 5.62. The Morgan fingerprint density at radius 3 is 2.56 bits per heavy atom. The van der Waals surface area contributed by atoms with Crippen LogP contribution in [-0.4, -0.2) is 44.0 Å². The number of nitrogens with one attached hydrogen (secondary N) is 2. The Labute approximate surface area is 243 Å². The minimum Gasteiger partial charge on any atom is -0.495 e. The van der Waals surface area contributed by atoms with Crippen LogP contribution < -0.4 is 15.4 Å². The number of benzene rings is 2. The van der Waals surface area contributed by atoms with E-state index >= 15 is 0 Å². The number of nitrogens with zero attached hydrogens (tertiary/aromatic N) is 4. The lowest BCUT2D eigenvalue weighted by Crippen LogP contribution is -2.32. The van der Waals surface area contributed by atoms with E-state index in [1.54, 1.807) is 19.4 Å². The summed E-state index contributed by atoms with van der Waals surface area (Å²) in [7, 11) is 1.54. The van der Waals surface area contributed by atoms with Crippen LogP contribution in [-0.2, 0) is 4.79 Å². The number of anilines is 1. The molecule has 0 spiro atoms. The van der Waals surface area contributed by atoms with Gasteiger partial charge < -0.3 is 24.8 Å². The summed E-state index contributed by atoms with van der Waals surface area (Å²) in [4.78, 5) is 30.6. The number of thiocarbonyl (C=S) groups is 1. The van der Waals surface area contributed by atoms with Gasteiger partial charge in [-0.05, 0) is 68.0 Å². The molecular weight excluding hydrogens is 540 g/mol. The summed E-state index contributed by atoms with van der Waals surface area (Å²) in [6, 6.07) is 21.1. The number of rotatable bonds is 9. The van der Waals surface area contributed by atoms with Gasteiger partial charge in [-0.25, -0.2) is 0 Å². The number of hydrogen-bond donors (Lipinski definition) is 2. The molecule has 0 radical (unpaired) electrons. The van der Waals surface area contributed by atoms with E-state index in [0.29, 0.717) is 23.1 Å². The number of amides is 1. The van der Waals surface area contributed by atoms with Crippen LogP contribution in [0.5, 0.6) is 5.75 Å². The van der Waals surface area contributed by atoms with Crippen molar-refractivity contribution < 1.29 is 14.5 Å². The fourth-order valence-corrected chi connectivity index (χ4v) is 5.71. The molecule has 1 fully saturated rings. The second-order valence-corrected chi connectivity index (χ2v) is 10.1. The van der Waals surface area contributed by atoms with Crippen LogP contribution in [0.15, 0.2) is 79.0 Å². The average Bonchev–Trinajstić information content (AvgIpc) is 3.46. The quantitative estimate of drug-likeness (QED) is 0.156. The number of aryl methyl sites for hydroxylation is 1. The predicted octanol–water partition coefficient (Wildman–Crippen LogP) is 5.41. The monoisotopic (exact) mass is 570 g/mol. The Balaban J connectivity index is 1.53. The molecule has 1 saturated heterocycles. The summed E-state index contributed by atoms with van der Waals surface area (Å²) in [5.41, 5.74) is 4.79. The molecule has 2 unspecified atom stereocenters. The highest BCUT2D eigenvalue weighted by atomic mass is 32.1. The Hall–Kier alpha value is -4.77. The third-order valence-electron chi connectivity index (χ3n) is 7.24. The van der Waals surface area contributed by atoms with Gasteiger partial charge in [-0.3, -0.25) is 19.9 Å². The maximum absolute atomic E-state index is 12.9. The van der Waals surface area contributed by atoms with Crippen LogP contribution >= 0.6 is 12.2 Å². The first kappa shape index (κ1) is 27.8. The van der Waals surface area contributed by atoms with Crippen molar-refractivity contribution in [2.24, 2.45) is 0 Å². The Morgan fingerprint density at radius 1 is 1.12 bits per heavy atom. The van der Waals surface area contributed by atoms with Gasteiger partial charge in [-0.1, -0.05) is 24.3 Å². The molecule has 3 heterocycles. The standard InChI is InChI=1S/C30H30N6O4S/c1-19-17-23(20(2)35(19)25-18-22(36(38)39)12-13-26(25)40-3)29-28(24-11-7-8-15-31-24)33-30(41)34(29)16-14-27(37)32-21-9-5-4-6-10-21/h4-13,15,17-18,28-29H,14,16H2,1-3H3,(H,32,37)(H,33,41). The average molecular weight is 571 g/mol. The van der Waals surface area contributed by atoms with Crippen LogP contribution in [0.3, 0.4) is 0 Å². The molecule has 4 aromatic rings. The molecule has 2 atom stereocenters. The molecular formula is C30H30N6O4S. The minimum absolute atomic E-state index is 0.0315. The summed E-state index contributed by atoms with van der Waals surface area (Å²) in [5, 5.41) is 18.5. The second-order valence-electron chi connectivity index (χ2n) is 9.76. The molecule has 1 amide bonds. The molecule has 0 saturated carbocycles. The van der Waals surface area contributed by atoms with Crippen molar-refractivity contribution in [2.45, 2.75) is 32.4 Å².